The molecule has 0 saturated heterocycles. The lowest BCUT2D eigenvalue weighted by atomic mass is 10.2. The third-order valence-corrected chi connectivity index (χ3v) is 2.64. The Labute approximate surface area is 115 Å². The molecule has 0 aromatic rings. The topological polar surface area (TPSA) is 65.1 Å². The number of carbonyl (C=O) groups is 2. The van der Waals surface area contributed by atoms with Gasteiger partial charge in [-0.25, -0.2) is 0 Å². The molecule has 0 aliphatic heterocycles. The second-order valence-corrected chi connectivity index (χ2v) is 4.29. The van der Waals surface area contributed by atoms with Crippen LogP contribution in [0.15, 0.2) is 0 Å². The van der Waals surface area contributed by atoms with Crippen LogP contribution in [0.4, 0.5) is 0 Å². The predicted octanol–water partition coefficient (Wildman–Crippen LogP) is 0.492. The molecule has 0 bridgehead atoms. The van der Waals surface area contributed by atoms with Crippen molar-refractivity contribution in [1.29, 1.82) is 0 Å². The Morgan fingerprint density at radius 3 is 2.42 bits per heavy atom. The predicted molar refractivity (Wildman–Crippen MR) is 71.0 cm³/mol. The zero-order valence-electron chi connectivity index (χ0n) is 12.3. The smallest absolute Gasteiger partial charge is 0.313 e. The molecular formula is C13H25NO5. The monoisotopic (exact) mass is 275 g/mol. The second kappa shape index (κ2) is 10.9. The quantitative estimate of drug-likeness (QED) is 0.404. The summed E-state index contributed by atoms with van der Waals surface area (Å²) >= 11 is 0. The van der Waals surface area contributed by atoms with Crippen molar-refractivity contribution in [2.45, 2.75) is 26.3 Å². The largest absolute Gasteiger partial charge is 0.466 e. The lowest BCUT2D eigenvalue weighted by molar-refractivity contribution is -0.145. The van der Waals surface area contributed by atoms with Crippen LogP contribution in [0.5, 0.6) is 0 Å². The van der Waals surface area contributed by atoms with E-state index in [9.17, 15) is 9.59 Å². The van der Waals surface area contributed by atoms with Crippen LogP contribution >= 0.6 is 0 Å². The van der Waals surface area contributed by atoms with Crippen molar-refractivity contribution in [2.24, 2.45) is 0 Å². The third-order valence-electron chi connectivity index (χ3n) is 2.64. The van der Waals surface area contributed by atoms with Gasteiger partial charge in [0.2, 0.25) is 0 Å². The van der Waals surface area contributed by atoms with Crippen molar-refractivity contribution in [3.05, 3.63) is 0 Å². The van der Waals surface area contributed by atoms with Crippen LogP contribution in [0.3, 0.4) is 0 Å². The molecule has 0 amide bonds. The van der Waals surface area contributed by atoms with Gasteiger partial charge in [-0.05, 0) is 13.8 Å². The van der Waals surface area contributed by atoms with E-state index >= 15 is 0 Å². The maximum Gasteiger partial charge on any atom is 0.313 e. The first-order chi connectivity index (χ1) is 9.04. The van der Waals surface area contributed by atoms with Crippen molar-refractivity contribution in [3.8, 4) is 0 Å². The number of ether oxygens (including phenoxy) is 3. The summed E-state index contributed by atoms with van der Waals surface area (Å²) in [5, 5.41) is 0. The van der Waals surface area contributed by atoms with Gasteiger partial charge < -0.3 is 14.2 Å². The van der Waals surface area contributed by atoms with Crippen LogP contribution in [0.2, 0.25) is 0 Å². The summed E-state index contributed by atoms with van der Waals surface area (Å²) in [6.07, 6.45) is -0.184. The van der Waals surface area contributed by atoms with Gasteiger partial charge in [0, 0.05) is 26.8 Å². The van der Waals surface area contributed by atoms with Crippen molar-refractivity contribution in [1.82, 2.24) is 4.90 Å². The lowest BCUT2D eigenvalue weighted by Gasteiger charge is -2.27. The highest BCUT2D eigenvalue weighted by molar-refractivity contribution is 5.96. The van der Waals surface area contributed by atoms with E-state index in [-0.39, 0.29) is 24.8 Å². The summed E-state index contributed by atoms with van der Waals surface area (Å²) in [6.45, 7) is 5.85. The standard InChI is InChI=1S/C13H25NO5/c1-5-19-13(16)8-12(15)9-14(6-7-17-3)11(2)10-18-4/h11H,5-10H2,1-4H3. The van der Waals surface area contributed by atoms with E-state index in [1.807, 2.05) is 11.8 Å². The fourth-order valence-corrected chi connectivity index (χ4v) is 1.67. The van der Waals surface area contributed by atoms with Gasteiger partial charge in [-0.15, -0.1) is 0 Å². The van der Waals surface area contributed by atoms with Gasteiger partial charge in [0.05, 0.1) is 26.4 Å². The number of methoxy groups -OCH3 is 2. The molecule has 0 spiro atoms. The highest BCUT2D eigenvalue weighted by Gasteiger charge is 2.19. The Balaban J connectivity index is 4.28. The molecule has 0 aliphatic rings. The molecule has 19 heavy (non-hydrogen) atoms. The van der Waals surface area contributed by atoms with Crippen LogP contribution in [0, 0.1) is 0 Å². The normalized spacial score (nSPS) is 12.5. The summed E-state index contributed by atoms with van der Waals surface area (Å²) in [4.78, 5) is 25.0. The van der Waals surface area contributed by atoms with E-state index in [1.165, 1.54) is 0 Å². The molecule has 6 nitrogen and oxygen atoms in total. The number of rotatable bonds is 11. The SMILES string of the molecule is CCOC(=O)CC(=O)CN(CCOC)C(C)COC. The average molecular weight is 275 g/mol. The zero-order valence-corrected chi connectivity index (χ0v) is 12.3. The Bertz CT molecular complexity index is 270. The minimum absolute atomic E-state index is 0.0892. The molecule has 0 aromatic heterocycles. The maximum atomic E-state index is 11.8. The summed E-state index contributed by atoms with van der Waals surface area (Å²) < 4.78 is 14.9. The number of carbonyl (C=O) groups excluding carboxylic acids is 2. The van der Waals surface area contributed by atoms with E-state index in [2.05, 4.69) is 0 Å². The minimum atomic E-state index is -0.474. The van der Waals surface area contributed by atoms with Crippen LogP contribution in [-0.2, 0) is 23.8 Å². The zero-order chi connectivity index (χ0) is 14.7. The van der Waals surface area contributed by atoms with Crippen LogP contribution in [0.1, 0.15) is 20.3 Å². The Hall–Kier alpha value is -0.980. The van der Waals surface area contributed by atoms with Gasteiger partial charge in [-0.3, -0.25) is 14.5 Å². The number of ketones is 1. The number of nitrogens with zero attached hydrogens (tertiary/aromatic N) is 1. The van der Waals surface area contributed by atoms with Gasteiger partial charge in [0.15, 0.2) is 5.78 Å². The number of Topliss-reactive ketones (excluding diaryl/α,β-unsaturated/α-hetero) is 1. The highest BCUT2D eigenvalue weighted by Crippen LogP contribution is 2.02. The summed E-state index contributed by atoms with van der Waals surface area (Å²) in [7, 11) is 3.23. The van der Waals surface area contributed by atoms with E-state index in [4.69, 9.17) is 14.2 Å². The fourth-order valence-electron chi connectivity index (χ4n) is 1.67. The Morgan fingerprint density at radius 2 is 1.89 bits per heavy atom. The van der Waals surface area contributed by atoms with E-state index in [0.717, 1.165) is 0 Å². The Morgan fingerprint density at radius 1 is 1.21 bits per heavy atom. The van der Waals surface area contributed by atoms with E-state index in [0.29, 0.717) is 26.4 Å². The van der Waals surface area contributed by atoms with E-state index < -0.39 is 5.97 Å². The second-order valence-electron chi connectivity index (χ2n) is 4.29. The van der Waals surface area contributed by atoms with Gasteiger partial charge in [0.25, 0.3) is 0 Å². The van der Waals surface area contributed by atoms with Crippen molar-refractivity contribution >= 4 is 11.8 Å². The molecule has 0 radical (unpaired) electrons. The molecule has 1 atom stereocenters. The molecule has 0 heterocycles. The van der Waals surface area contributed by atoms with Gasteiger partial charge >= 0.3 is 5.97 Å². The van der Waals surface area contributed by atoms with Crippen LogP contribution in [-0.4, -0.2) is 69.8 Å². The summed E-state index contributed by atoms with van der Waals surface area (Å²) in [5.41, 5.74) is 0. The molecule has 0 rings (SSSR count). The van der Waals surface area contributed by atoms with Gasteiger partial charge in [-0.2, -0.15) is 0 Å². The van der Waals surface area contributed by atoms with Gasteiger partial charge in [0.1, 0.15) is 6.42 Å². The molecule has 0 aliphatic carbocycles. The average Bonchev–Trinajstić information content (AvgIpc) is 2.34. The molecule has 1 unspecified atom stereocenters. The molecular weight excluding hydrogens is 250 g/mol. The van der Waals surface area contributed by atoms with Crippen molar-refractivity contribution < 1.29 is 23.8 Å². The van der Waals surface area contributed by atoms with E-state index in [1.54, 1.807) is 21.1 Å². The van der Waals surface area contributed by atoms with Crippen molar-refractivity contribution in [2.75, 3.05) is 47.1 Å². The number of hydrogen-bond acceptors (Lipinski definition) is 6. The molecule has 0 fully saturated rings. The van der Waals surface area contributed by atoms with Crippen LogP contribution in [0.25, 0.3) is 0 Å². The molecule has 0 saturated carbocycles. The Kier molecular flexibility index (Phi) is 10.3. The first-order valence-corrected chi connectivity index (χ1v) is 6.44. The number of esters is 1. The fraction of sp³-hybridized carbons (Fsp3) is 0.846. The molecule has 112 valence electrons. The summed E-state index contributed by atoms with van der Waals surface area (Å²) in [5.74, 6) is -0.629. The maximum absolute atomic E-state index is 11.8. The first kappa shape index (κ1) is 18.0. The third kappa shape index (κ3) is 8.69. The van der Waals surface area contributed by atoms with Gasteiger partial charge in [-0.1, -0.05) is 0 Å². The minimum Gasteiger partial charge on any atom is -0.466 e. The summed E-state index contributed by atoms with van der Waals surface area (Å²) in [6, 6.07) is 0.0892. The highest BCUT2D eigenvalue weighted by atomic mass is 16.5. The molecule has 6 heteroatoms. The first-order valence-electron chi connectivity index (χ1n) is 6.44. The molecule has 0 N–H and O–H groups in total. The number of hydrogen-bond donors (Lipinski definition) is 0. The van der Waals surface area contributed by atoms with Crippen molar-refractivity contribution in [3.63, 3.8) is 0 Å². The lowest BCUT2D eigenvalue weighted by Crippen LogP contribution is -2.42. The molecule has 0 aromatic carbocycles. The van der Waals surface area contributed by atoms with Crippen LogP contribution < -0.4 is 0 Å².